The molecular formula is C12H13ClF3N5. The molecule has 0 spiro atoms. The second-order valence-electron chi connectivity index (χ2n) is 5.17. The summed E-state index contributed by atoms with van der Waals surface area (Å²) in [6.45, 7) is 0.383. The minimum Gasteiger partial charge on any atom is -0.354 e. The van der Waals surface area contributed by atoms with Crippen LogP contribution in [-0.4, -0.2) is 38.8 Å². The van der Waals surface area contributed by atoms with Gasteiger partial charge in [0.2, 0.25) is 5.28 Å². The molecule has 2 aromatic heterocycles. The summed E-state index contributed by atoms with van der Waals surface area (Å²) in [5.74, 6) is -0.974. The molecule has 0 saturated carbocycles. The van der Waals surface area contributed by atoms with E-state index >= 15 is 0 Å². The zero-order valence-electron chi connectivity index (χ0n) is 11.2. The minimum atomic E-state index is -4.20. The molecule has 0 aromatic carbocycles. The molecule has 3 heterocycles. The van der Waals surface area contributed by atoms with E-state index in [2.05, 4.69) is 15.0 Å². The maximum absolute atomic E-state index is 12.9. The summed E-state index contributed by atoms with van der Waals surface area (Å²) in [4.78, 5) is 13.9. The van der Waals surface area contributed by atoms with Crippen molar-refractivity contribution in [3.63, 3.8) is 0 Å². The Morgan fingerprint density at radius 3 is 2.81 bits per heavy atom. The number of alkyl halides is 3. The van der Waals surface area contributed by atoms with Gasteiger partial charge in [-0.15, -0.1) is 0 Å². The average molecular weight is 320 g/mol. The van der Waals surface area contributed by atoms with E-state index in [1.165, 1.54) is 0 Å². The second kappa shape index (κ2) is 5.01. The molecule has 0 radical (unpaired) electrons. The molecule has 1 unspecified atom stereocenters. The molecule has 3 rings (SSSR count). The SMILES string of the molecule is Cn1cnc2c(N3CCCC(C(F)(F)F)C3)nc(Cl)nc21. The minimum absolute atomic E-state index is 0.00947. The van der Waals surface area contributed by atoms with Gasteiger partial charge in [0.1, 0.15) is 0 Å². The number of piperidine rings is 1. The lowest BCUT2D eigenvalue weighted by atomic mass is 9.97. The second-order valence-corrected chi connectivity index (χ2v) is 5.51. The third-order valence-electron chi connectivity index (χ3n) is 3.70. The number of hydrogen-bond acceptors (Lipinski definition) is 4. The van der Waals surface area contributed by atoms with E-state index in [9.17, 15) is 13.2 Å². The Hall–Kier alpha value is -1.57. The predicted octanol–water partition coefficient (Wildman–Crippen LogP) is 2.80. The number of halogens is 4. The number of aryl methyl sites for hydroxylation is 1. The Balaban J connectivity index is 2.00. The molecule has 1 saturated heterocycles. The fraction of sp³-hybridized carbons (Fsp3) is 0.583. The largest absolute Gasteiger partial charge is 0.393 e. The van der Waals surface area contributed by atoms with Crippen LogP contribution in [0, 0.1) is 5.92 Å². The highest BCUT2D eigenvalue weighted by molar-refractivity contribution is 6.28. The van der Waals surface area contributed by atoms with Gasteiger partial charge in [0, 0.05) is 20.1 Å². The Morgan fingerprint density at radius 2 is 2.10 bits per heavy atom. The van der Waals surface area contributed by atoms with Crippen molar-refractivity contribution in [2.24, 2.45) is 13.0 Å². The van der Waals surface area contributed by atoms with Crippen molar-refractivity contribution >= 4 is 28.6 Å². The van der Waals surface area contributed by atoms with Crippen molar-refractivity contribution in [3.05, 3.63) is 11.6 Å². The fourth-order valence-electron chi connectivity index (χ4n) is 2.62. The van der Waals surface area contributed by atoms with E-state index in [-0.39, 0.29) is 18.2 Å². The predicted molar refractivity (Wildman–Crippen MR) is 72.3 cm³/mol. The Labute approximate surface area is 123 Å². The van der Waals surface area contributed by atoms with E-state index < -0.39 is 12.1 Å². The van der Waals surface area contributed by atoms with Crippen LogP contribution in [0.4, 0.5) is 19.0 Å². The van der Waals surface area contributed by atoms with Crippen LogP contribution in [0.5, 0.6) is 0 Å². The fourth-order valence-corrected chi connectivity index (χ4v) is 2.78. The number of imidazole rings is 1. The number of hydrogen-bond donors (Lipinski definition) is 0. The molecule has 9 heteroatoms. The van der Waals surface area contributed by atoms with E-state index in [0.29, 0.717) is 29.9 Å². The van der Waals surface area contributed by atoms with Gasteiger partial charge in [-0.3, -0.25) is 0 Å². The van der Waals surface area contributed by atoms with Gasteiger partial charge in [0.05, 0.1) is 12.2 Å². The van der Waals surface area contributed by atoms with Crippen molar-refractivity contribution in [1.82, 2.24) is 19.5 Å². The van der Waals surface area contributed by atoms with Crippen molar-refractivity contribution < 1.29 is 13.2 Å². The van der Waals surface area contributed by atoms with Crippen LogP contribution < -0.4 is 4.90 Å². The van der Waals surface area contributed by atoms with Crippen molar-refractivity contribution in [2.75, 3.05) is 18.0 Å². The van der Waals surface area contributed by atoms with Gasteiger partial charge in [-0.1, -0.05) is 0 Å². The van der Waals surface area contributed by atoms with Gasteiger partial charge in [-0.05, 0) is 24.4 Å². The lowest BCUT2D eigenvalue weighted by molar-refractivity contribution is -0.176. The third kappa shape index (κ3) is 2.64. The van der Waals surface area contributed by atoms with E-state index in [1.807, 2.05) is 0 Å². The van der Waals surface area contributed by atoms with Gasteiger partial charge in [0.25, 0.3) is 0 Å². The normalized spacial score (nSPS) is 20.2. The summed E-state index contributed by atoms with van der Waals surface area (Å²) in [5.41, 5.74) is 0.990. The summed E-state index contributed by atoms with van der Waals surface area (Å²) in [6, 6.07) is 0. The summed E-state index contributed by atoms with van der Waals surface area (Å²) in [7, 11) is 1.75. The van der Waals surface area contributed by atoms with Crippen molar-refractivity contribution in [2.45, 2.75) is 19.0 Å². The molecule has 0 bridgehead atoms. The van der Waals surface area contributed by atoms with Gasteiger partial charge in [-0.25, -0.2) is 4.98 Å². The average Bonchev–Trinajstić information content (AvgIpc) is 2.79. The molecular weight excluding hydrogens is 307 g/mol. The smallest absolute Gasteiger partial charge is 0.354 e. The van der Waals surface area contributed by atoms with Crippen LogP contribution >= 0.6 is 11.6 Å². The molecule has 1 atom stereocenters. The Morgan fingerprint density at radius 1 is 1.33 bits per heavy atom. The zero-order valence-corrected chi connectivity index (χ0v) is 12.0. The lowest BCUT2D eigenvalue weighted by Gasteiger charge is -2.34. The van der Waals surface area contributed by atoms with Crippen LogP contribution in [0.25, 0.3) is 11.2 Å². The topological polar surface area (TPSA) is 46.8 Å². The van der Waals surface area contributed by atoms with Gasteiger partial charge in [0.15, 0.2) is 17.0 Å². The summed E-state index contributed by atoms with van der Waals surface area (Å²) in [6.07, 6.45) is -2.05. The van der Waals surface area contributed by atoms with Gasteiger partial charge >= 0.3 is 6.18 Å². The van der Waals surface area contributed by atoms with Crippen molar-refractivity contribution in [3.8, 4) is 0 Å². The van der Waals surface area contributed by atoms with Crippen LogP contribution in [0.1, 0.15) is 12.8 Å². The molecule has 0 amide bonds. The molecule has 1 aliphatic rings. The highest BCUT2D eigenvalue weighted by Crippen LogP contribution is 2.35. The molecule has 1 fully saturated rings. The standard InChI is InChI=1S/C12H13ClF3N5/c1-20-6-17-8-9(20)18-11(13)19-10(8)21-4-2-3-7(5-21)12(14,15)16/h6-7H,2-5H2,1H3. The first-order chi connectivity index (χ1) is 9.86. The van der Waals surface area contributed by atoms with Crippen LogP contribution in [0.15, 0.2) is 6.33 Å². The van der Waals surface area contributed by atoms with Crippen LogP contribution in [0.3, 0.4) is 0 Å². The highest BCUT2D eigenvalue weighted by atomic mass is 35.5. The first-order valence-corrected chi connectivity index (χ1v) is 6.90. The molecule has 0 N–H and O–H groups in total. The lowest BCUT2D eigenvalue weighted by Crippen LogP contribution is -2.42. The van der Waals surface area contributed by atoms with Gasteiger partial charge in [-0.2, -0.15) is 23.1 Å². The van der Waals surface area contributed by atoms with Crippen molar-refractivity contribution in [1.29, 1.82) is 0 Å². The monoisotopic (exact) mass is 319 g/mol. The number of rotatable bonds is 1. The number of nitrogens with zero attached hydrogens (tertiary/aromatic N) is 5. The van der Waals surface area contributed by atoms with E-state index in [0.717, 1.165) is 0 Å². The maximum atomic E-state index is 12.9. The van der Waals surface area contributed by atoms with Crippen LogP contribution in [0.2, 0.25) is 5.28 Å². The number of fused-ring (bicyclic) bond motifs is 1. The summed E-state index contributed by atoms with van der Waals surface area (Å²) < 4.78 is 40.4. The molecule has 1 aliphatic heterocycles. The van der Waals surface area contributed by atoms with Gasteiger partial charge < -0.3 is 9.47 Å². The van der Waals surface area contributed by atoms with E-state index in [1.54, 1.807) is 22.8 Å². The molecule has 21 heavy (non-hydrogen) atoms. The summed E-state index contributed by atoms with van der Waals surface area (Å²) >= 11 is 5.89. The molecule has 114 valence electrons. The third-order valence-corrected chi connectivity index (χ3v) is 3.87. The number of aromatic nitrogens is 4. The first kappa shape index (κ1) is 14.4. The molecule has 5 nitrogen and oxygen atoms in total. The zero-order chi connectivity index (χ0) is 15.2. The summed E-state index contributed by atoms with van der Waals surface area (Å²) in [5, 5.41) is 0.00947. The molecule has 0 aliphatic carbocycles. The first-order valence-electron chi connectivity index (χ1n) is 6.52. The molecule has 2 aromatic rings. The number of anilines is 1. The quantitative estimate of drug-likeness (QED) is 0.758. The highest BCUT2D eigenvalue weighted by Gasteiger charge is 2.42. The van der Waals surface area contributed by atoms with E-state index in [4.69, 9.17) is 11.6 Å². The Kier molecular flexibility index (Phi) is 3.43. The Bertz CT molecular complexity index is 669. The van der Waals surface area contributed by atoms with Crippen LogP contribution in [-0.2, 0) is 7.05 Å². The maximum Gasteiger partial charge on any atom is 0.393 e.